The molecule has 0 unspecified atom stereocenters. The number of anilines is 1. The fraction of sp³-hybridized carbons (Fsp3) is 0.154. The van der Waals surface area contributed by atoms with Crippen molar-refractivity contribution in [3.05, 3.63) is 51.9 Å². The molecule has 0 fully saturated rings. The number of nitrogens with zero attached hydrogens (tertiary/aromatic N) is 1. The molecule has 2 N–H and O–H groups in total. The van der Waals surface area contributed by atoms with Crippen LogP contribution >= 0.6 is 11.8 Å². The van der Waals surface area contributed by atoms with Gasteiger partial charge < -0.3 is 10.3 Å². The van der Waals surface area contributed by atoms with Crippen molar-refractivity contribution in [3.8, 4) is 0 Å². The van der Waals surface area contributed by atoms with Crippen molar-refractivity contribution in [2.24, 2.45) is 0 Å². The Morgan fingerprint density at radius 2 is 2.05 bits per heavy atom. The van der Waals surface area contributed by atoms with Crippen molar-refractivity contribution in [1.82, 2.24) is 9.97 Å². The first kappa shape index (κ1) is 15.2. The smallest absolute Gasteiger partial charge is 0.251 e. The number of para-hydroxylation sites is 1. The van der Waals surface area contributed by atoms with E-state index in [4.69, 9.17) is 0 Å². The first-order chi connectivity index (χ1) is 9.95. The number of benzene rings is 1. The molecule has 0 aliphatic carbocycles. The fourth-order valence-electron chi connectivity index (χ4n) is 1.55. The maximum absolute atomic E-state index is 13.4. The summed E-state index contributed by atoms with van der Waals surface area (Å²) in [5.74, 6) is -2.45. The van der Waals surface area contributed by atoms with Crippen LogP contribution in [0.3, 0.4) is 0 Å². The van der Waals surface area contributed by atoms with Crippen LogP contribution in [0, 0.1) is 18.6 Å². The molecule has 2 rings (SSSR count). The van der Waals surface area contributed by atoms with Gasteiger partial charge in [-0.2, -0.15) is 0 Å². The molecule has 21 heavy (non-hydrogen) atoms. The predicted molar refractivity (Wildman–Crippen MR) is 75.3 cm³/mol. The van der Waals surface area contributed by atoms with Gasteiger partial charge in [-0.05, 0) is 19.1 Å². The maximum Gasteiger partial charge on any atom is 0.251 e. The van der Waals surface area contributed by atoms with E-state index in [0.29, 0.717) is 5.69 Å². The quantitative estimate of drug-likeness (QED) is 0.670. The summed E-state index contributed by atoms with van der Waals surface area (Å²) in [7, 11) is 0. The minimum absolute atomic E-state index is 0.139. The highest BCUT2D eigenvalue weighted by Crippen LogP contribution is 2.19. The Hall–Kier alpha value is -2.22. The van der Waals surface area contributed by atoms with E-state index < -0.39 is 23.2 Å². The number of carbonyl (C=O) groups is 1. The van der Waals surface area contributed by atoms with Crippen molar-refractivity contribution in [3.63, 3.8) is 0 Å². The average molecular weight is 311 g/mol. The number of hydrogen-bond donors (Lipinski definition) is 2. The van der Waals surface area contributed by atoms with E-state index in [9.17, 15) is 18.4 Å². The summed E-state index contributed by atoms with van der Waals surface area (Å²) in [5, 5.41) is 2.42. The molecule has 1 aromatic heterocycles. The standard InChI is InChI=1S/C13H11F2N3O2S/c1-7-5-10(19)18-13(16-7)21-6-11(20)17-12-8(14)3-2-4-9(12)15/h2-5H,6H2,1H3,(H,17,20)(H,16,18,19). The summed E-state index contributed by atoms with van der Waals surface area (Å²) < 4.78 is 26.7. The molecule has 110 valence electrons. The number of aryl methyl sites for hydroxylation is 1. The highest BCUT2D eigenvalue weighted by molar-refractivity contribution is 7.99. The van der Waals surface area contributed by atoms with Gasteiger partial charge in [0, 0.05) is 11.8 Å². The number of H-pyrrole nitrogens is 1. The Balaban J connectivity index is 2.01. The Morgan fingerprint density at radius 1 is 1.38 bits per heavy atom. The highest BCUT2D eigenvalue weighted by atomic mass is 32.2. The second kappa shape index (κ2) is 6.49. The lowest BCUT2D eigenvalue weighted by molar-refractivity contribution is -0.113. The SMILES string of the molecule is Cc1cc(=O)[nH]c(SCC(=O)Nc2c(F)cccc2F)n1. The Kier molecular flexibility index (Phi) is 4.69. The molecule has 0 aliphatic heterocycles. The van der Waals surface area contributed by atoms with Crippen LogP contribution in [0.25, 0.3) is 0 Å². The molecule has 0 saturated heterocycles. The maximum atomic E-state index is 13.4. The topological polar surface area (TPSA) is 74.8 Å². The number of thioether (sulfide) groups is 1. The lowest BCUT2D eigenvalue weighted by Gasteiger charge is -2.07. The zero-order chi connectivity index (χ0) is 15.4. The van der Waals surface area contributed by atoms with Gasteiger partial charge in [-0.25, -0.2) is 13.8 Å². The molecule has 0 atom stereocenters. The van der Waals surface area contributed by atoms with Gasteiger partial charge in [0.25, 0.3) is 5.56 Å². The molecular weight excluding hydrogens is 300 g/mol. The first-order valence-corrected chi connectivity index (χ1v) is 6.89. The Labute approximate surface area is 122 Å². The van der Waals surface area contributed by atoms with Crippen molar-refractivity contribution in [1.29, 1.82) is 0 Å². The zero-order valence-corrected chi connectivity index (χ0v) is 11.8. The Bertz CT molecular complexity index is 713. The molecule has 1 aromatic carbocycles. The van der Waals surface area contributed by atoms with Gasteiger partial charge in [0.1, 0.15) is 17.3 Å². The predicted octanol–water partition coefficient (Wildman–Crippen LogP) is 2.09. The van der Waals surface area contributed by atoms with E-state index in [1.54, 1.807) is 6.92 Å². The number of hydrogen-bond acceptors (Lipinski definition) is 4. The number of aromatic nitrogens is 2. The third kappa shape index (κ3) is 4.12. The van der Waals surface area contributed by atoms with Crippen LogP contribution in [0.15, 0.2) is 34.2 Å². The molecule has 1 heterocycles. The minimum Gasteiger partial charge on any atom is -0.320 e. The normalized spacial score (nSPS) is 10.4. The molecule has 0 radical (unpaired) electrons. The van der Waals surface area contributed by atoms with Crippen LogP contribution in [0.5, 0.6) is 0 Å². The second-order valence-corrected chi connectivity index (χ2v) is 5.09. The molecule has 5 nitrogen and oxygen atoms in total. The van der Waals surface area contributed by atoms with Crippen LogP contribution in [0.4, 0.5) is 14.5 Å². The van der Waals surface area contributed by atoms with Crippen molar-refractivity contribution in [2.45, 2.75) is 12.1 Å². The van der Waals surface area contributed by atoms with Gasteiger partial charge in [-0.3, -0.25) is 9.59 Å². The lowest BCUT2D eigenvalue weighted by Crippen LogP contribution is -2.17. The van der Waals surface area contributed by atoms with Crippen LogP contribution < -0.4 is 10.9 Å². The van der Waals surface area contributed by atoms with Crippen LogP contribution in [0.1, 0.15) is 5.69 Å². The van der Waals surface area contributed by atoms with Crippen LogP contribution in [-0.4, -0.2) is 21.6 Å². The summed E-state index contributed by atoms with van der Waals surface area (Å²) in [6, 6.07) is 4.62. The molecular formula is C13H11F2N3O2S. The van der Waals surface area contributed by atoms with Crippen molar-refractivity contribution >= 4 is 23.4 Å². The largest absolute Gasteiger partial charge is 0.320 e. The van der Waals surface area contributed by atoms with Crippen molar-refractivity contribution in [2.75, 3.05) is 11.1 Å². The number of aromatic amines is 1. The minimum atomic E-state index is -0.851. The fourth-order valence-corrected chi connectivity index (χ4v) is 2.27. The van der Waals surface area contributed by atoms with E-state index in [1.165, 1.54) is 12.1 Å². The molecule has 0 saturated carbocycles. The number of carbonyl (C=O) groups excluding carboxylic acids is 1. The van der Waals surface area contributed by atoms with E-state index in [-0.39, 0.29) is 16.5 Å². The van der Waals surface area contributed by atoms with E-state index >= 15 is 0 Å². The Morgan fingerprint density at radius 3 is 2.67 bits per heavy atom. The molecule has 0 spiro atoms. The summed E-state index contributed by atoms with van der Waals surface area (Å²) in [6.45, 7) is 1.65. The van der Waals surface area contributed by atoms with Gasteiger partial charge in [-0.15, -0.1) is 0 Å². The van der Waals surface area contributed by atoms with Crippen LogP contribution in [0.2, 0.25) is 0 Å². The summed E-state index contributed by atoms with van der Waals surface area (Å²) in [4.78, 5) is 29.4. The van der Waals surface area contributed by atoms with E-state index in [2.05, 4.69) is 15.3 Å². The second-order valence-electron chi connectivity index (χ2n) is 4.13. The van der Waals surface area contributed by atoms with Gasteiger partial charge in [0.2, 0.25) is 5.91 Å². The molecule has 0 bridgehead atoms. The molecule has 2 aromatic rings. The lowest BCUT2D eigenvalue weighted by atomic mass is 10.3. The van der Waals surface area contributed by atoms with Crippen molar-refractivity contribution < 1.29 is 13.6 Å². The van der Waals surface area contributed by atoms with Gasteiger partial charge in [0.05, 0.1) is 5.75 Å². The van der Waals surface area contributed by atoms with E-state index in [0.717, 1.165) is 23.9 Å². The summed E-state index contributed by atoms with van der Waals surface area (Å²) >= 11 is 0.964. The number of nitrogens with one attached hydrogen (secondary N) is 2. The average Bonchev–Trinajstić information content (AvgIpc) is 2.40. The summed E-state index contributed by atoms with van der Waals surface area (Å²) in [5.41, 5.74) is -0.304. The highest BCUT2D eigenvalue weighted by Gasteiger charge is 2.12. The zero-order valence-electron chi connectivity index (χ0n) is 10.9. The molecule has 1 amide bonds. The summed E-state index contributed by atoms with van der Waals surface area (Å²) in [6.07, 6.45) is 0. The van der Waals surface area contributed by atoms with E-state index in [1.807, 2.05) is 0 Å². The number of rotatable bonds is 4. The third-order valence-electron chi connectivity index (χ3n) is 2.42. The molecule has 0 aliphatic rings. The van der Waals surface area contributed by atoms with Gasteiger partial charge >= 0.3 is 0 Å². The monoisotopic (exact) mass is 311 g/mol. The van der Waals surface area contributed by atoms with Crippen LogP contribution in [-0.2, 0) is 4.79 Å². The van der Waals surface area contributed by atoms with Gasteiger partial charge in [-0.1, -0.05) is 17.8 Å². The first-order valence-electron chi connectivity index (χ1n) is 5.90. The molecule has 8 heteroatoms. The number of amides is 1. The van der Waals surface area contributed by atoms with Gasteiger partial charge in [0.15, 0.2) is 5.16 Å². The number of halogens is 2. The third-order valence-corrected chi connectivity index (χ3v) is 3.29.